The third-order valence-corrected chi connectivity index (χ3v) is 7.48. The van der Waals surface area contributed by atoms with E-state index in [4.69, 9.17) is 19.9 Å². The SMILES string of the molecule is COc1cc(C(C)C)c(NC(=O)NS(=O)(=O)C(=CN)C2=NC[C@H](N3CC(OC)C3)CO2)c(C(C)C)n1. The van der Waals surface area contributed by atoms with E-state index in [2.05, 4.69) is 20.2 Å². The number of aromatic nitrogens is 1. The number of ether oxygens (including phenoxy) is 3. The minimum atomic E-state index is -4.37. The number of hydrogen-bond acceptors (Lipinski definition) is 10. The van der Waals surface area contributed by atoms with Gasteiger partial charge in [0.05, 0.1) is 37.2 Å². The first-order valence-corrected chi connectivity index (χ1v) is 13.3. The van der Waals surface area contributed by atoms with Crippen molar-refractivity contribution in [3.05, 3.63) is 28.4 Å². The van der Waals surface area contributed by atoms with Gasteiger partial charge < -0.3 is 25.3 Å². The minimum absolute atomic E-state index is 0.00863. The zero-order valence-electron chi connectivity index (χ0n) is 21.6. The molecule has 200 valence electrons. The molecule has 4 N–H and O–H groups in total. The van der Waals surface area contributed by atoms with Gasteiger partial charge in [0, 0.05) is 32.5 Å². The summed E-state index contributed by atoms with van der Waals surface area (Å²) < 4.78 is 44.3. The van der Waals surface area contributed by atoms with Gasteiger partial charge in [-0.1, -0.05) is 27.7 Å². The molecule has 3 rings (SSSR count). The molecule has 0 unspecified atom stereocenters. The second-order valence-corrected chi connectivity index (χ2v) is 11.0. The molecule has 2 aliphatic heterocycles. The van der Waals surface area contributed by atoms with Gasteiger partial charge >= 0.3 is 6.03 Å². The summed E-state index contributed by atoms with van der Waals surface area (Å²) >= 11 is 0. The van der Waals surface area contributed by atoms with E-state index >= 15 is 0 Å². The molecule has 12 nitrogen and oxygen atoms in total. The maximum Gasteiger partial charge on any atom is 0.333 e. The molecule has 36 heavy (non-hydrogen) atoms. The Labute approximate surface area is 212 Å². The largest absolute Gasteiger partial charge is 0.481 e. The van der Waals surface area contributed by atoms with Crippen LogP contribution in [-0.2, 0) is 19.5 Å². The second kappa shape index (κ2) is 11.4. The highest BCUT2D eigenvalue weighted by atomic mass is 32.2. The van der Waals surface area contributed by atoms with Crippen LogP contribution >= 0.6 is 0 Å². The molecule has 0 spiro atoms. The number of amides is 2. The fourth-order valence-corrected chi connectivity index (χ4v) is 4.95. The summed E-state index contributed by atoms with van der Waals surface area (Å²) in [6, 6.07) is 0.787. The highest BCUT2D eigenvalue weighted by Gasteiger charge is 2.36. The van der Waals surface area contributed by atoms with E-state index in [1.54, 1.807) is 13.2 Å². The maximum absolute atomic E-state index is 13.0. The van der Waals surface area contributed by atoms with E-state index in [0.717, 1.165) is 24.9 Å². The Hall–Kier alpha value is -2.90. The van der Waals surface area contributed by atoms with Crippen LogP contribution in [-0.4, -0.2) is 82.8 Å². The summed E-state index contributed by atoms with van der Waals surface area (Å²) in [4.78, 5) is 23.3. The first-order chi connectivity index (χ1) is 17.0. The molecule has 2 aliphatic rings. The van der Waals surface area contributed by atoms with Gasteiger partial charge in [0.15, 0.2) is 4.91 Å². The molecule has 2 amide bonds. The molecule has 1 aromatic heterocycles. The zero-order chi connectivity index (χ0) is 26.6. The summed E-state index contributed by atoms with van der Waals surface area (Å²) in [6.45, 7) is 9.88. The number of aliphatic imine (C=N–C) groups is 1. The number of likely N-dealkylation sites (tertiary alicyclic amines) is 1. The predicted octanol–water partition coefficient (Wildman–Crippen LogP) is 1.72. The lowest BCUT2D eigenvalue weighted by Gasteiger charge is -2.43. The van der Waals surface area contributed by atoms with Crippen molar-refractivity contribution in [3.63, 3.8) is 0 Å². The predicted molar refractivity (Wildman–Crippen MR) is 137 cm³/mol. The molecule has 1 fully saturated rings. The number of pyridine rings is 1. The average Bonchev–Trinajstić information content (AvgIpc) is 2.78. The average molecular weight is 525 g/mol. The molecule has 0 aromatic carbocycles. The van der Waals surface area contributed by atoms with Crippen molar-refractivity contribution in [2.75, 3.05) is 45.8 Å². The number of anilines is 1. The fraction of sp³-hybridized carbons (Fsp3) is 0.609. The van der Waals surface area contributed by atoms with Gasteiger partial charge in [-0.25, -0.2) is 27.9 Å². The number of nitrogens with one attached hydrogen (secondary N) is 2. The first-order valence-electron chi connectivity index (χ1n) is 11.8. The number of methoxy groups -OCH3 is 2. The molecule has 3 heterocycles. The van der Waals surface area contributed by atoms with Crippen LogP contribution in [0.1, 0.15) is 50.8 Å². The van der Waals surface area contributed by atoms with Crippen molar-refractivity contribution in [2.45, 2.75) is 51.7 Å². The lowest BCUT2D eigenvalue weighted by molar-refractivity contribution is -0.0590. The Bertz CT molecular complexity index is 1100. The van der Waals surface area contributed by atoms with Crippen LogP contribution in [0.25, 0.3) is 0 Å². The van der Waals surface area contributed by atoms with Gasteiger partial charge in [-0.15, -0.1) is 0 Å². The second-order valence-electron chi connectivity index (χ2n) is 9.34. The van der Waals surface area contributed by atoms with Crippen molar-refractivity contribution >= 4 is 27.6 Å². The van der Waals surface area contributed by atoms with Crippen LogP contribution in [0.4, 0.5) is 10.5 Å². The number of sulfonamides is 1. The summed E-state index contributed by atoms with van der Waals surface area (Å²) in [5.41, 5.74) is 7.40. The van der Waals surface area contributed by atoms with E-state index in [-0.39, 0.29) is 36.5 Å². The number of nitrogens with two attached hydrogens (primary N) is 1. The van der Waals surface area contributed by atoms with Gasteiger partial charge in [0.25, 0.3) is 10.0 Å². The number of carbonyl (C=O) groups is 1. The van der Waals surface area contributed by atoms with Crippen molar-refractivity contribution in [2.24, 2.45) is 10.7 Å². The molecule has 0 saturated carbocycles. The Morgan fingerprint density at radius 3 is 2.44 bits per heavy atom. The highest BCUT2D eigenvalue weighted by molar-refractivity contribution is 7.94. The van der Waals surface area contributed by atoms with Gasteiger partial charge in [-0.2, -0.15) is 0 Å². The Morgan fingerprint density at radius 1 is 1.25 bits per heavy atom. The summed E-state index contributed by atoms with van der Waals surface area (Å²) in [5, 5.41) is 2.66. The molecule has 0 bridgehead atoms. The van der Waals surface area contributed by atoms with E-state index < -0.39 is 21.0 Å². The monoisotopic (exact) mass is 524 g/mol. The van der Waals surface area contributed by atoms with Crippen LogP contribution < -0.4 is 20.5 Å². The van der Waals surface area contributed by atoms with Crippen molar-refractivity contribution in [3.8, 4) is 5.88 Å². The Balaban J connectivity index is 1.75. The summed E-state index contributed by atoms with van der Waals surface area (Å²) in [7, 11) is -1.19. The third-order valence-electron chi connectivity index (χ3n) is 6.13. The van der Waals surface area contributed by atoms with Crippen LogP contribution in [0.15, 0.2) is 22.2 Å². The van der Waals surface area contributed by atoms with E-state index in [1.807, 2.05) is 32.4 Å². The van der Waals surface area contributed by atoms with Gasteiger partial charge in [-0.3, -0.25) is 4.90 Å². The van der Waals surface area contributed by atoms with Gasteiger partial charge in [0.1, 0.15) is 6.61 Å². The standard InChI is InChI=1S/C23H36N6O6S/c1-13(2)17-7-19(34-6)26-20(14(3)4)21(17)27-23(30)28-36(31,32)18(8-24)22-25-9-15(12-35-22)29-10-16(11-29)33-5/h7-8,13-16H,9-12,24H2,1-6H3,(H2,27,28,30)/t15-/m0/s1. The first kappa shape index (κ1) is 27.7. The quantitative estimate of drug-likeness (QED) is 0.437. The molecule has 1 saturated heterocycles. The van der Waals surface area contributed by atoms with Crippen LogP contribution in [0.2, 0.25) is 0 Å². The molecule has 1 aromatic rings. The molecule has 0 radical (unpaired) electrons. The van der Waals surface area contributed by atoms with Crippen molar-refractivity contribution < 1.29 is 27.4 Å². The number of rotatable bonds is 9. The third kappa shape index (κ3) is 6.08. The molecule has 13 heteroatoms. The Morgan fingerprint density at radius 2 is 1.94 bits per heavy atom. The van der Waals surface area contributed by atoms with E-state index in [9.17, 15) is 13.2 Å². The lowest BCUT2D eigenvalue weighted by Crippen LogP contribution is -2.59. The van der Waals surface area contributed by atoms with Gasteiger partial charge in [0.2, 0.25) is 11.8 Å². The van der Waals surface area contributed by atoms with Crippen LogP contribution in [0, 0.1) is 0 Å². The van der Waals surface area contributed by atoms with Crippen LogP contribution in [0.5, 0.6) is 5.88 Å². The van der Waals surface area contributed by atoms with Gasteiger partial charge in [-0.05, 0) is 17.4 Å². The summed E-state index contributed by atoms with van der Waals surface area (Å²) in [6.07, 6.45) is 1.05. The van der Waals surface area contributed by atoms with E-state index in [1.165, 1.54) is 7.11 Å². The van der Waals surface area contributed by atoms with Crippen LogP contribution in [0.3, 0.4) is 0 Å². The smallest absolute Gasteiger partial charge is 0.333 e. The zero-order valence-corrected chi connectivity index (χ0v) is 22.4. The number of hydrogen-bond donors (Lipinski definition) is 3. The van der Waals surface area contributed by atoms with Crippen molar-refractivity contribution in [1.82, 2.24) is 14.6 Å². The molecular weight excluding hydrogens is 488 g/mol. The number of carbonyl (C=O) groups excluding carboxylic acids is 1. The number of urea groups is 1. The minimum Gasteiger partial charge on any atom is -0.481 e. The highest BCUT2D eigenvalue weighted by Crippen LogP contribution is 2.34. The maximum atomic E-state index is 13.0. The summed E-state index contributed by atoms with van der Waals surface area (Å²) in [5.74, 6) is 0.229. The number of nitrogens with zero attached hydrogens (tertiary/aromatic N) is 3. The lowest BCUT2D eigenvalue weighted by atomic mass is 9.97. The van der Waals surface area contributed by atoms with Crippen molar-refractivity contribution in [1.29, 1.82) is 0 Å². The van der Waals surface area contributed by atoms with E-state index in [0.29, 0.717) is 23.8 Å². The normalized spacial score (nSPS) is 19.5. The Kier molecular flexibility index (Phi) is 8.80. The topological polar surface area (TPSA) is 157 Å². The molecular formula is C23H36N6O6S. The molecule has 0 aliphatic carbocycles. The fourth-order valence-electron chi connectivity index (χ4n) is 4.01. The molecule has 1 atom stereocenters.